The maximum Gasteiger partial charge on any atom is 0.393 e. The minimum absolute atomic E-state index is 0.0341. The van der Waals surface area contributed by atoms with Crippen LogP contribution in [0.4, 0.5) is 13.2 Å². The molecule has 19 heavy (non-hydrogen) atoms. The molecule has 0 aromatic rings. The van der Waals surface area contributed by atoms with Crippen LogP contribution in [0.2, 0.25) is 0 Å². The molecule has 0 aliphatic carbocycles. The summed E-state index contributed by atoms with van der Waals surface area (Å²) in [6.07, 6.45) is -3.75. The number of carbonyl (C=O) groups is 1. The molecule has 1 rings (SSSR count). The first-order valence-corrected chi connectivity index (χ1v) is 6.66. The molecule has 1 saturated heterocycles. The minimum Gasteiger partial charge on any atom is -0.465 e. The highest BCUT2D eigenvalue weighted by atomic mass is 19.4. The Morgan fingerprint density at radius 3 is 2.37 bits per heavy atom. The van der Waals surface area contributed by atoms with Crippen molar-refractivity contribution in [2.75, 3.05) is 13.2 Å². The van der Waals surface area contributed by atoms with Gasteiger partial charge in [0.05, 0.1) is 12.5 Å². The summed E-state index contributed by atoms with van der Waals surface area (Å²) >= 11 is 0. The van der Waals surface area contributed by atoms with Gasteiger partial charge in [0.2, 0.25) is 0 Å². The smallest absolute Gasteiger partial charge is 0.393 e. The van der Waals surface area contributed by atoms with Crippen molar-refractivity contribution in [2.24, 2.45) is 5.92 Å². The zero-order valence-corrected chi connectivity index (χ0v) is 11.9. The molecule has 0 N–H and O–H groups in total. The highest BCUT2D eigenvalue weighted by Gasteiger charge is 2.56. The van der Waals surface area contributed by atoms with Crippen molar-refractivity contribution in [3.63, 3.8) is 0 Å². The lowest BCUT2D eigenvalue weighted by atomic mass is 9.87. The molecule has 0 aromatic heterocycles. The van der Waals surface area contributed by atoms with E-state index in [0.29, 0.717) is 6.42 Å². The monoisotopic (exact) mass is 281 g/mol. The van der Waals surface area contributed by atoms with Crippen molar-refractivity contribution in [2.45, 2.75) is 58.3 Å². The maximum atomic E-state index is 13.0. The summed E-state index contributed by atoms with van der Waals surface area (Å²) in [4.78, 5) is 13.5. The Balaban J connectivity index is 2.93. The number of esters is 1. The number of likely N-dealkylation sites (tertiary alicyclic amines) is 1. The van der Waals surface area contributed by atoms with Crippen LogP contribution in [0, 0.1) is 5.92 Å². The van der Waals surface area contributed by atoms with E-state index in [1.165, 1.54) is 0 Å². The molecule has 0 aromatic carbocycles. The van der Waals surface area contributed by atoms with Crippen LogP contribution in [0.1, 0.15) is 40.5 Å². The lowest BCUT2D eigenvalue weighted by molar-refractivity contribution is -0.195. The fourth-order valence-electron chi connectivity index (χ4n) is 2.98. The third-order valence-electron chi connectivity index (χ3n) is 3.97. The summed E-state index contributed by atoms with van der Waals surface area (Å²) in [5, 5.41) is 0. The van der Waals surface area contributed by atoms with E-state index in [2.05, 4.69) is 0 Å². The Bertz CT molecular complexity index is 328. The molecule has 112 valence electrons. The normalized spacial score (nSPS) is 25.3. The van der Waals surface area contributed by atoms with E-state index in [1.807, 2.05) is 0 Å². The van der Waals surface area contributed by atoms with Gasteiger partial charge in [-0.1, -0.05) is 6.92 Å². The van der Waals surface area contributed by atoms with Gasteiger partial charge in [0.15, 0.2) is 0 Å². The zero-order chi connectivity index (χ0) is 14.8. The number of ether oxygens (including phenoxy) is 1. The van der Waals surface area contributed by atoms with Gasteiger partial charge in [-0.15, -0.1) is 0 Å². The molecule has 6 heteroatoms. The predicted molar refractivity (Wildman–Crippen MR) is 65.7 cm³/mol. The molecule has 1 fully saturated rings. The van der Waals surface area contributed by atoms with Gasteiger partial charge in [0, 0.05) is 12.1 Å². The molecular formula is C13H22F3NO2. The maximum absolute atomic E-state index is 13.0. The van der Waals surface area contributed by atoms with Gasteiger partial charge < -0.3 is 4.74 Å². The number of carbonyl (C=O) groups excluding carboxylic acids is 1. The quantitative estimate of drug-likeness (QED) is 0.742. The van der Waals surface area contributed by atoms with Crippen molar-refractivity contribution in [3.05, 3.63) is 0 Å². The standard InChI is InChI=1S/C13H22F3NO2/c1-5-9(11(18)19-6-2)17-8-7-10(12(17,3)4)13(14,15)16/h9-10H,5-8H2,1-4H3. The topological polar surface area (TPSA) is 29.5 Å². The van der Waals surface area contributed by atoms with Crippen molar-refractivity contribution in [1.29, 1.82) is 0 Å². The molecule has 1 aliphatic heterocycles. The molecule has 0 bridgehead atoms. The van der Waals surface area contributed by atoms with Gasteiger partial charge in [-0.3, -0.25) is 9.69 Å². The number of hydrogen-bond donors (Lipinski definition) is 0. The van der Waals surface area contributed by atoms with Gasteiger partial charge in [-0.05, 0) is 33.6 Å². The highest BCUT2D eigenvalue weighted by molar-refractivity contribution is 5.75. The van der Waals surface area contributed by atoms with E-state index in [9.17, 15) is 18.0 Å². The van der Waals surface area contributed by atoms with E-state index >= 15 is 0 Å². The van der Waals surface area contributed by atoms with E-state index in [0.717, 1.165) is 0 Å². The Labute approximate surface area is 112 Å². The molecule has 3 nitrogen and oxygen atoms in total. The second-order valence-electron chi connectivity index (χ2n) is 5.41. The fourth-order valence-corrected chi connectivity index (χ4v) is 2.98. The second-order valence-corrected chi connectivity index (χ2v) is 5.41. The first-order valence-electron chi connectivity index (χ1n) is 6.66. The molecule has 0 radical (unpaired) electrons. The van der Waals surface area contributed by atoms with Gasteiger partial charge in [0.1, 0.15) is 6.04 Å². The summed E-state index contributed by atoms with van der Waals surface area (Å²) in [6.45, 7) is 7.11. The SMILES string of the molecule is CCOC(=O)C(CC)N1CCC(C(F)(F)F)C1(C)C. The average Bonchev–Trinajstić information content (AvgIpc) is 2.56. The van der Waals surface area contributed by atoms with Crippen molar-refractivity contribution in [3.8, 4) is 0 Å². The summed E-state index contributed by atoms with van der Waals surface area (Å²) in [5.74, 6) is -1.83. The molecule has 0 saturated carbocycles. The molecule has 1 heterocycles. The van der Waals surface area contributed by atoms with E-state index in [1.54, 1.807) is 32.6 Å². The molecule has 1 aliphatic rings. The first-order chi connectivity index (χ1) is 8.66. The number of alkyl halides is 3. The number of halogens is 3. The van der Waals surface area contributed by atoms with Gasteiger partial charge in [-0.2, -0.15) is 13.2 Å². The molecule has 0 amide bonds. The molecule has 2 unspecified atom stereocenters. The molecule has 2 atom stereocenters. The largest absolute Gasteiger partial charge is 0.465 e. The van der Waals surface area contributed by atoms with Gasteiger partial charge in [0.25, 0.3) is 0 Å². The Morgan fingerprint density at radius 2 is 2.00 bits per heavy atom. The number of hydrogen-bond acceptors (Lipinski definition) is 3. The van der Waals surface area contributed by atoms with Gasteiger partial charge >= 0.3 is 12.1 Å². The van der Waals surface area contributed by atoms with Crippen LogP contribution in [0.3, 0.4) is 0 Å². The van der Waals surface area contributed by atoms with E-state index < -0.39 is 29.6 Å². The Hall–Kier alpha value is -0.780. The van der Waals surface area contributed by atoms with E-state index in [4.69, 9.17) is 4.74 Å². The van der Waals surface area contributed by atoms with Crippen LogP contribution in [0.5, 0.6) is 0 Å². The van der Waals surface area contributed by atoms with Crippen LogP contribution in [0.15, 0.2) is 0 Å². The minimum atomic E-state index is -4.23. The van der Waals surface area contributed by atoms with E-state index in [-0.39, 0.29) is 19.6 Å². The summed E-state index contributed by atoms with van der Waals surface area (Å²) < 4.78 is 44.0. The average molecular weight is 281 g/mol. The van der Waals surface area contributed by atoms with Crippen molar-refractivity contribution < 1.29 is 22.7 Å². The Morgan fingerprint density at radius 1 is 1.42 bits per heavy atom. The van der Waals surface area contributed by atoms with Crippen LogP contribution in [-0.2, 0) is 9.53 Å². The van der Waals surface area contributed by atoms with Crippen LogP contribution < -0.4 is 0 Å². The van der Waals surface area contributed by atoms with Crippen molar-refractivity contribution in [1.82, 2.24) is 4.90 Å². The third-order valence-corrected chi connectivity index (χ3v) is 3.97. The number of rotatable bonds is 4. The lowest BCUT2D eigenvalue weighted by Gasteiger charge is -2.40. The third kappa shape index (κ3) is 3.22. The van der Waals surface area contributed by atoms with Gasteiger partial charge in [-0.25, -0.2) is 0 Å². The molecule has 0 spiro atoms. The second kappa shape index (κ2) is 5.69. The molecular weight excluding hydrogens is 259 g/mol. The van der Waals surface area contributed by atoms with Crippen molar-refractivity contribution >= 4 is 5.97 Å². The predicted octanol–water partition coefficient (Wildman–Crippen LogP) is 2.99. The summed E-state index contributed by atoms with van der Waals surface area (Å²) in [5.41, 5.74) is -1.08. The fraction of sp³-hybridized carbons (Fsp3) is 0.923. The first kappa shape index (κ1) is 16.3. The van der Waals surface area contributed by atoms with Crippen LogP contribution in [0.25, 0.3) is 0 Å². The number of nitrogens with zero attached hydrogens (tertiary/aromatic N) is 1. The summed E-state index contributed by atoms with van der Waals surface area (Å²) in [6, 6.07) is -0.595. The lowest BCUT2D eigenvalue weighted by Crippen LogP contribution is -2.54. The summed E-state index contributed by atoms with van der Waals surface area (Å²) in [7, 11) is 0. The Kier molecular flexibility index (Phi) is 4.87. The van der Waals surface area contributed by atoms with Crippen LogP contribution >= 0.6 is 0 Å². The highest BCUT2D eigenvalue weighted by Crippen LogP contribution is 2.45. The van der Waals surface area contributed by atoms with Crippen LogP contribution in [-0.4, -0.2) is 41.8 Å². The zero-order valence-electron chi connectivity index (χ0n) is 11.9.